The molecular weight excluding hydrogens is 360 g/mol. The molecule has 0 aromatic heterocycles. The average Bonchev–Trinajstić information content (AvgIpc) is 3.24. The monoisotopic (exact) mass is 382 g/mol. The second kappa shape index (κ2) is 9.14. The van der Waals surface area contributed by atoms with Gasteiger partial charge < -0.3 is 20.1 Å². The van der Waals surface area contributed by atoms with Crippen molar-refractivity contribution in [3.8, 4) is 0 Å². The molecule has 28 heavy (non-hydrogen) atoms. The Morgan fingerprint density at radius 3 is 2.14 bits per heavy atom. The number of anilines is 2. The van der Waals surface area contributed by atoms with Gasteiger partial charge in [0.25, 0.3) is 11.8 Å². The zero-order chi connectivity index (χ0) is 19.9. The minimum atomic E-state index is -0.402. The van der Waals surface area contributed by atoms with E-state index in [-0.39, 0.29) is 11.8 Å². The molecule has 1 aliphatic heterocycles. The highest BCUT2D eigenvalue weighted by Crippen LogP contribution is 2.17. The molecule has 0 radical (unpaired) electrons. The molecule has 7 nitrogen and oxygen atoms in total. The minimum absolute atomic E-state index is 0.170. The third kappa shape index (κ3) is 4.95. The van der Waals surface area contributed by atoms with Gasteiger partial charge in [-0.15, -0.1) is 0 Å². The number of benzene rings is 2. The van der Waals surface area contributed by atoms with Crippen LogP contribution in [0.1, 0.15) is 40.5 Å². The van der Waals surface area contributed by atoms with Crippen LogP contribution >= 0.6 is 0 Å². The van der Waals surface area contributed by atoms with Crippen molar-refractivity contribution in [2.24, 2.45) is 0 Å². The summed E-state index contributed by atoms with van der Waals surface area (Å²) in [5.41, 5.74) is 2.04. The maximum absolute atomic E-state index is 12.4. The molecule has 1 atom stereocenters. The summed E-state index contributed by atoms with van der Waals surface area (Å²) in [6.45, 7) is 2.66. The van der Waals surface area contributed by atoms with E-state index >= 15 is 0 Å². The summed E-state index contributed by atoms with van der Waals surface area (Å²) in [6, 6.07) is 13.1. The van der Waals surface area contributed by atoms with E-state index < -0.39 is 12.1 Å². The highest BCUT2D eigenvalue weighted by atomic mass is 16.5. The number of nitrogens with one attached hydrogen (secondary N) is 2. The Labute approximate surface area is 163 Å². The first-order valence-electron chi connectivity index (χ1n) is 9.18. The molecule has 0 spiro atoms. The number of amides is 2. The van der Waals surface area contributed by atoms with E-state index in [4.69, 9.17) is 9.47 Å². The highest BCUT2D eigenvalue weighted by molar-refractivity contribution is 6.05. The van der Waals surface area contributed by atoms with Crippen molar-refractivity contribution in [2.45, 2.75) is 25.9 Å². The fraction of sp³-hybridized carbons (Fsp3) is 0.286. The molecule has 2 aromatic rings. The Bertz CT molecular complexity index is 840. The Morgan fingerprint density at radius 1 is 0.964 bits per heavy atom. The number of ether oxygens (including phenoxy) is 2. The van der Waals surface area contributed by atoms with Crippen molar-refractivity contribution in [2.75, 3.05) is 23.8 Å². The first-order chi connectivity index (χ1) is 13.6. The van der Waals surface area contributed by atoms with Crippen molar-refractivity contribution in [1.29, 1.82) is 0 Å². The molecular formula is C21H22N2O5. The lowest BCUT2D eigenvalue weighted by molar-refractivity contribution is -0.124. The number of hydrogen-bond acceptors (Lipinski definition) is 5. The van der Waals surface area contributed by atoms with E-state index in [1.165, 1.54) is 0 Å². The Hall–Kier alpha value is -3.19. The zero-order valence-corrected chi connectivity index (χ0v) is 15.6. The van der Waals surface area contributed by atoms with Crippen LogP contribution in [0.4, 0.5) is 11.4 Å². The smallest absolute Gasteiger partial charge is 0.338 e. The molecule has 146 valence electrons. The summed E-state index contributed by atoms with van der Waals surface area (Å²) in [5.74, 6) is -0.863. The van der Waals surface area contributed by atoms with Gasteiger partial charge in [0.1, 0.15) is 6.10 Å². The van der Waals surface area contributed by atoms with Gasteiger partial charge in [0.15, 0.2) is 0 Å². The van der Waals surface area contributed by atoms with E-state index in [1.807, 2.05) is 0 Å². The molecule has 1 heterocycles. The van der Waals surface area contributed by atoms with Gasteiger partial charge in [-0.05, 0) is 68.3 Å². The summed E-state index contributed by atoms with van der Waals surface area (Å²) in [4.78, 5) is 36.1. The summed E-state index contributed by atoms with van der Waals surface area (Å²) < 4.78 is 10.3. The molecule has 2 N–H and O–H groups in total. The third-order valence-electron chi connectivity index (χ3n) is 4.29. The van der Waals surface area contributed by atoms with Crippen LogP contribution in [-0.2, 0) is 14.3 Å². The van der Waals surface area contributed by atoms with Crippen LogP contribution in [0.25, 0.3) is 0 Å². The van der Waals surface area contributed by atoms with Crippen LogP contribution < -0.4 is 10.6 Å². The van der Waals surface area contributed by atoms with Crippen molar-refractivity contribution in [3.63, 3.8) is 0 Å². The maximum Gasteiger partial charge on any atom is 0.338 e. The van der Waals surface area contributed by atoms with E-state index in [0.717, 1.165) is 12.8 Å². The van der Waals surface area contributed by atoms with Gasteiger partial charge in [-0.3, -0.25) is 9.59 Å². The van der Waals surface area contributed by atoms with Crippen molar-refractivity contribution < 1.29 is 23.9 Å². The van der Waals surface area contributed by atoms with E-state index in [1.54, 1.807) is 55.5 Å². The third-order valence-corrected chi connectivity index (χ3v) is 4.29. The molecule has 0 bridgehead atoms. The SMILES string of the molecule is CCOC(=O)c1ccc(NC(=O)c2ccc(NC(=O)[C@@H]3CCCO3)cc2)cc1. The number of esters is 1. The molecule has 1 fully saturated rings. The number of carbonyl (C=O) groups is 3. The zero-order valence-electron chi connectivity index (χ0n) is 15.6. The van der Waals surface area contributed by atoms with Crippen LogP contribution in [0, 0.1) is 0 Å². The van der Waals surface area contributed by atoms with Gasteiger partial charge in [0, 0.05) is 23.5 Å². The molecule has 0 unspecified atom stereocenters. The van der Waals surface area contributed by atoms with Crippen LogP contribution in [-0.4, -0.2) is 37.1 Å². The molecule has 7 heteroatoms. The highest BCUT2D eigenvalue weighted by Gasteiger charge is 2.23. The van der Waals surface area contributed by atoms with E-state index in [9.17, 15) is 14.4 Å². The summed E-state index contributed by atoms with van der Waals surface area (Å²) in [5, 5.41) is 5.55. The molecule has 0 aliphatic carbocycles. The van der Waals surface area contributed by atoms with Crippen LogP contribution in [0.15, 0.2) is 48.5 Å². The van der Waals surface area contributed by atoms with Gasteiger partial charge in [0.05, 0.1) is 12.2 Å². The lowest BCUT2D eigenvalue weighted by Crippen LogP contribution is -2.26. The Kier molecular flexibility index (Phi) is 6.39. The van der Waals surface area contributed by atoms with Crippen LogP contribution in [0.3, 0.4) is 0 Å². The second-order valence-corrected chi connectivity index (χ2v) is 6.32. The van der Waals surface area contributed by atoms with Crippen molar-refractivity contribution >= 4 is 29.2 Å². The summed E-state index contributed by atoms with van der Waals surface area (Å²) in [6.07, 6.45) is 1.21. The minimum Gasteiger partial charge on any atom is -0.462 e. The molecule has 2 amide bonds. The fourth-order valence-electron chi connectivity index (χ4n) is 2.82. The lowest BCUT2D eigenvalue weighted by atomic mass is 10.1. The number of rotatable bonds is 6. The van der Waals surface area contributed by atoms with Crippen LogP contribution in [0.2, 0.25) is 0 Å². The Morgan fingerprint density at radius 2 is 1.57 bits per heavy atom. The lowest BCUT2D eigenvalue weighted by Gasteiger charge is -2.11. The van der Waals surface area contributed by atoms with Gasteiger partial charge in [-0.2, -0.15) is 0 Å². The fourth-order valence-corrected chi connectivity index (χ4v) is 2.82. The predicted molar refractivity (Wildman–Crippen MR) is 104 cm³/mol. The predicted octanol–water partition coefficient (Wildman–Crippen LogP) is 3.23. The standard InChI is InChI=1S/C21H22N2O5/c1-2-27-21(26)15-7-11-16(12-8-15)22-19(24)14-5-9-17(10-6-14)23-20(25)18-4-3-13-28-18/h5-12,18H,2-4,13H2,1H3,(H,22,24)(H,23,25)/t18-/m0/s1. The maximum atomic E-state index is 12.4. The normalized spacial score (nSPS) is 15.7. The first-order valence-corrected chi connectivity index (χ1v) is 9.18. The van der Waals surface area contributed by atoms with Gasteiger partial charge in [0.2, 0.25) is 0 Å². The van der Waals surface area contributed by atoms with Gasteiger partial charge in [-0.25, -0.2) is 4.79 Å². The van der Waals surface area contributed by atoms with E-state index in [0.29, 0.717) is 35.7 Å². The molecule has 2 aromatic carbocycles. The largest absolute Gasteiger partial charge is 0.462 e. The molecule has 1 saturated heterocycles. The van der Waals surface area contributed by atoms with Gasteiger partial charge >= 0.3 is 5.97 Å². The first kappa shape index (κ1) is 19.6. The number of hydrogen-bond donors (Lipinski definition) is 2. The van der Waals surface area contributed by atoms with Crippen molar-refractivity contribution in [3.05, 3.63) is 59.7 Å². The second-order valence-electron chi connectivity index (χ2n) is 6.32. The van der Waals surface area contributed by atoms with Gasteiger partial charge in [-0.1, -0.05) is 0 Å². The van der Waals surface area contributed by atoms with Crippen LogP contribution in [0.5, 0.6) is 0 Å². The topological polar surface area (TPSA) is 93.7 Å². The quantitative estimate of drug-likeness (QED) is 0.748. The molecule has 0 saturated carbocycles. The average molecular weight is 382 g/mol. The number of carbonyl (C=O) groups excluding carboxylic acids is 3. The van der Waals surface area contributed by atoms with Crippen molar-refractivity contribution in [1.82, 2.24) is 0 Å². The summed E-state index contributed by atoms with van der Waals surface area (Å²) >= 11 is 0. The molecule has 1 aliphatic rings. The van der Waals surface area contributed by atoms with E-state index in [2.05, 4.69) is 10.6 Å². The Balaban J connectivity index is 1.57. The summed E-state index contributed by atoms with van der Waals surface area (Å²) in [7, 11) is 0. The molecule has 3 rings (SSSR count).